The summed E-state index contributed by atoms with van der Waals surface area (Å²) in [7, 11) is 0. The number of anilines is 1. The number of amides is 1. The summed E-state index contributed by atoms with van der Waals surface area (Å²) < 4.78 is 5.98. The fraction of sp³-hybridized carbons (Fsp3) is 0.222. The number of hydrogen-bond acceptors (Lipinski definition) is 4. The number of hydrogen-bond donors (Lipinski definition) is 2. The normalized spacial score (nSPS) is 11.9. The minimum absolute atomic E-state index is 0.228. The Morgan fingerprint density at radius 1 is 1.06 bits per heavy atom. The number of carbonyl (C=O) groups excluding carboxylic acids is 1. The summed E-state index contributed by atoms with van der Waals surface area (Å²) >= 11 is 5.35. The van der Waals surface area contributed by atoms with Crippen LogP contribution >= 0.6 is 12.2 Å². The van der Waals surface area contributed by atoms with E-state index in [0.717, 1.165) is 39.9 Å². The summed E-state index contributed by atoms with van der Waals surface area (Å²) in [5, 5.41) is 6.04. The van der Waals surface area contributed by atoms with Gasteiger partial charge in [-0.3, -0.25) is 10.1 Å². The van der Waals surface area contributed by atoms with E-state index >= 15 is 0 Å². The van der Waals surface area contributed by atoms with Crippen molar-refractivity contribution in [1.29, 1.82) is 0 Å². The highest BCUT2D eigenvalue weighted by Gasteiger charge is 2.13. The molecule has 1 aromatic heterocycles. The largest absolute Gasteiger partial charge is 0.436 e. The molecule has 0 unspecified atom stereocenters. The lowest BCUT2D eigenvalue weighted by atomic mass is 9.98. The quantitative estimate of drug-likeness (QED) is 0.324. The molecule has 0 radical (unpaired) electrons. The van der Waals surface area contributed by atoms with E-state index in [9.17, 15) is 4.79 Å². The molecule has 0 aliphatic rings. The number of fused-ring (bicyclic) bond motifs is 1. The maximum atomic E-state index is 12.5. The lowest BCUT2D eigenvalue weighted by Crippen LogP contribution is -2.34. The topological polar surface area (TPSA) is 67.2 Å². The highest BCUT2D eigenvalue weighted by molar-refractivity contribution is 7.80. The molecule has 4 aromatic rings. The van der Waals surface area contributed by atoms with Crippen LogP contribution in [-0.2, 0) is 0 Å². The molecule has 1 atom stereocenters. The summed E-state index contributed by atoms with van der Waals surface area (Å²) in [4.78, 5) is 17.2. The number of benzene rings is 3. The summed E-state index contributed by atoms with van der Waals surface area (Å²) in [6, 6.07) is 19.3. The smallest absolute Gasteiger partial charge is 0.257 e. The molecular weight excluding hydrogens is 430 g/mol. The van der Waals surface area contributed by atoms with Crippen LogP contribution in [0.3, 0.4) is 0 Å². The van der Waals surface area contributed by atoms with E-state index < -0.39 is 0 Å². The van der Waals surface area contributed by atoms with Crippen LogP contribution in [0.5, 0.6) is 0 Å². The van der Waals surface area contributed by atoms with Crippen molar-refractivity contribution in [1.82, 2.24) is 10.3 Å². The summed E-state index contributed by atoms with van der Waals surface area (Å²) in [6.45, 7) is 8.37. The zero-order valence-corrected chi connectivity index (χ0v) is 20.0. The zero-order chi connectivity index (χ0) is 23.5. The molecule has 0 aliphatic carbocycles. The standard InChI is InChI=1S/C27H27N3O2S/c1-5-16(2)19-11-12-24-23(15-19)29-26(32-24)21-7-6-8-22(14-21)28-27(33)30-25(31)20-10-9-17(3)18(4)13-20/h6-16H,5H2,1-4H3,(H2,28,30,31,33)/t16-/m1/s1. The van der Waals surface area contributed by atoms with Crippen molar-refractivity contribution in [3.63, 3.8) is 0 Å². The van der Waals surface area contributed by atoms with Gasteiger partial charge in [-0.25, -0.2) is 4.98 Å². The minimum Gasteiger partial charge on any atom is -0.436 e. The Hall–Kier alpha value is -3.51. The van der Waals surface area contributed by atoms with Gasteiger partial charge in [0, 0.05) is 16.8 Å². The molecule has 2 N–H and O–H groups in total. The number of oxazole rings is 1. The third-order valence-corrected chi connectivity index (χ3v) is 6.16. The van der Waals surface area contributed by atoms with Gasteiger partial charge in [-0.1, -0.05) is 32.0 Å². The van der Waals surface area contributed by atoms with E-state index in [2.05, 4.69) is 41.6 Å². The van der Waals surface area contributed by atoms with E-state index in [1.165, 1.54) is 5.56 Å². The van der Waals surface area contributed by atoms with Crippen LogP contribution in [-0.4, -0.2) is 16.0 Å². The molecule has 0 saturated heterocycles. The lowest BCUT2D eigenvalue weighted by molar-refractivity contribution is 0.0977. The van der Waals surface area contributed by atoms with E-state index in [4.69, 9.17) is 16.6 Å². The second kappa shape index (κ2) is 9.55. The second-order valence-corrected chi connectivity index (χ2v) is 8.75. The third-order valence-electron chi connectivity index (χ3n) is 5.96. The molecule has 0 spiro atoms. The Balaban J connectivity index is 1.49. The lowest BCUT2D eigenvalue weighted by Gasteiger charge is -2.11. The molecular formula is C27H27N3O2S. The van der Waals surface area contributed by atoms with Gasteiger partial charge in [0.15, 0.2) is 10.7 Å². The monoisotopic (exact) mass is 457 g/mol. The van der Waals surface area contributed by atoms with E-state index in [0.29, 0.717) is 17.4 Å². The van der Waals surface area contributed by atoms with Gasteiger partial charge in [0.05, 0.1) is 0 Å². The Morgan fingerprint density at radius 3 is 2.64 bits per heavy atom. The van der Waals surface area contributed by atoms with Crippen LogP contribution in [0.15, 0.2) is 65.1 Å². The first kappa shape index (κ1) is 22.7. The van der Waals surface area contributed by atoms with Gasteiger partial charge in [0.25, 0.3) is 5.91 Å². The average Bonchev–Trinajstić information content (AvgIpc) is 3.24. The Labute approximate surface area is 199 Å². The maximum absolute atomic E-state index is 12.5. The summed E-state index contributed by atoms with van der Waals surface area (Å²) in [5.74, 6) is 0.768. The molecule has 0 fully saturated rings. The maximum Gasteiger partial charge on any atom is 0.257 e. The molecule has 4 rings (SSSR count). The van der Waals surface area contributed by atoms with Crippen molar-refractivity contribution in [2.24, 2.45) is 0 Å². The first-order chi connectivity index (χ1) is 15.8. The van der Waals surface area contributed by atoms with Gasteiger partial charge < -0.3 is 9.73 Å². The molecule has 1 heterocycles. The number of carbonyl (C=O) groups is 1. The number of aryl methyl sites for hydroxylation is 2. The van der Waals surface area contributed by atoms with Crippen LogP contribution in [0.4, 0.5) is 5.69 Å². The molecule has 0 saturated carbocycles. The molecule has 168 valence electrons. The Morgan fingerprint density at radius 2 is 1.88 bits per heavy atom. The second-order valence-electron chi connectivity index (χ2n) is 8.34. The number of rotatable bonds is 5. The molecule has 3 aromatic carbocycles. The van der Waals surface area contributed by atoms with Crippen molar-refractivity contribution in [3.8, 4) is 11.5 Å². The van der Waals surface area contributed by atoms with Gasteiger partial charge in [-0.15, -0.1) is 0 Å². The summed E-state index contributed by atoms with van der Waals surface area (Å²) in [6.07, 6.45) is 1.07. The van der Waals surface area contributed by atoms with Crippen molar-refractivity contribution in [3.05, 3.63) is 82.9 Å². The van der Waals surface area contributed by atoms with E-state index in [1.807, 2.05) is 56.3 Å². The van der Waals surface area contributed by atoms with Gasteiger partial charge in [0.1, 0.15) is 5.52 Å². The van der Waals surface area contributed by atoms with Crippen molar-refractivity contribution in [2.75, 3.05) is 5.32 Å². The van der Waals surface area contributed by atoms with Gasteiger partial charge in [0.2, 0.25) is 5.89 Å². The Bertz CT molecular complexity index is 1340. The fourth-order valence-electron chi connectivity index (χ4n) is 3.56. The molecule has 0 aliphatic heterocycles. The number of thiocarbonyl (C=S) groups is 1. The minimum atomic E-state index is -0.247. The van der Waals surface area contributed by atoms with Gasteiger partial charge in [-0.05, 0) is 97.6 Å². The Kier molecular flexibility index (Phi) is 6.56. The van der Waals surface area contributed by atoms with Crippen molar-refractivity contribution < 1.29 is 9.21 Å². The fourth-order valence-corrected chi connectivity index (χ4v) is 3.77. The first-order valence-electron chi connectivity index (χ1n) is 11.0. The molecule has 5 nitrogen and oxygen atoms in total. The molecule has 1 amide bonds. The SMILES string of the molecule is CC[C@@H](C)c1ccc2oc(-c3cccc(NC(=S)NC(=O)c4ccc(C)c(C)c4)c3)nc2c1. The zero-order valence-electron chi connectivity index (χ0n) is 19.2. The highest BCUT2D eigenvalue weighted by atomic mass is 32.1. The highest BCUT2D eigenvalue weighted by Crippen LogP contribution is 2.29. The molecule has 6 heteroatoms. The van der Waals surface area contributed by atoms with Crippen LogP contribution in [0.1, 0.15) is 53.2 Å². The molecule has 0 bridgehead atoms. The molecule has 33 heavy (non-hydrogen) atoms. The number of nitrogens with one attached hydrogen (secondary N) is 2. The average molecular weight is 458 g/mol. The van der Waals surface area contributed by atoms with Crippen LogP contribution in [0, 0.1) is 13.8 Å². The number of nitrogens with zero attached hydrogens (tertiary/aromatic N) is 1. The van der Waals surface area contributed by atoms with Crippen molar-refractivity contribution >= 4 is 40.0 Å². The third kappa shape index (κ3) is 5.12. The van der Waals surface area contributed by atoms with Crippen LogP contribution < -0.4 is 10.6 Å². The van der Waals surface area contributed by atoms with Gasteiger partial charge in [-0.2, -0.15) is 0 Å². The number of aromatic nitrogens is 1. The van der Waals surface area contributed by atoms with Gasteiger partial charge >= 0.3 is 0 Å². The first-order valence-corrected chi connectivity index (χ1v) is 11.5. The predicted octanol–water partition coefficient (Wildman–Crippen LogP) is 6.75. The predicted molar refractivity (Wildman–Crippen MR) is 138 cm³/mol. The van der Waals surface area contributed by atoms with E-state index in [1.54, 1.807) is 6.07 Å². The van der Waals surface area contributed by atoms with E-state index in [-0.39, 0.29) is 11.0 Å². The summed E-state index contributed by atoms with van der Waals surface area (Å²) in [5.41, 5.74) is 7.18. The van der Waals surface area contributed by atoms with Crippen molar-refractivity contribution in [2.45, 2.75) is 40.0 Å². The van der Waals surface area contributed by atoms with Crippen LogP contribution in [0.2, 0.25) is 0 Å². The van der Waals surface area contributed by atoms with Crippen LogP contribution in [0.25, 0.3) is 22.6 Å².